The van der Waals surface area contributed by atoms with Gasteiger partial charge in [-0.05, 0) is 17.7 Å². The van der Waals surface area contributed by atoms with Crippen molar-refractivity contribution in [1.82, 2.24) is 29.4 Å². The first-order chi connectivity index (χ1) is 11.7. The first-order valence-electron chi connectivity index (χ1n) is 7.52. The average Bonchev–Trinajstić information content (AvgIpc) is 3.03. The highest BCUT2D eigenvalue weighted by Gasteiger charge is 2.12. The minimum Gasteiger partial charge on any atom is -0.309 e. The molecule has 0 spiro atoms. The molecule has 0 aliphatic heterocycles. The highest BCUT2D eigenvalue weighted by atomic mass is 35.5. The standard InChI is InChI=1S/C16H13ClN6O/c1-2-13-18-16-20-19-14-12(23(16)21-13)7-8-22(15(14)24)9-10-5-3-4-6-11(10)17/h3-8H,2,9H2,1H3. The molecule has 120 valence electrons. The summed E-state index contributed by atoms with van der Waals surface area (Å²) in [6, 6.07) is 9.22. The molecule has 0 atom stereocenters. The van der Waals surface area contributed by atoms with Gasteiger partial charge in [-0.2, -0.15) is 9.50 Å². The van der Waals surface area contributed by atoms with Crippen LogP contribution < -0.4 is 5.56 Å². The van der Waals surface area contributed by atoms with E-state index in [2.05, 4.69) is 20.3 Å². The van der Waals surface area contributed by atoms with Crippen LogP contribution in [0, 0.1) is 0 Å². The van der Waals surface area contributed by atoms with Crippen molar-refractivity contribution in [2.24, 2.45) is 0 Å². The fourth-order valence-electron chi connectivity index (χ4n) is 2.57. The second-order valence-corrected chi connectivity index (χ2v) is 5.77. The summed E-state index contributed by atoms with van der Waals surface area (Å²) >= 11 is 6.18. The maximum atomic E-state index is 12.7. The number of hydrogen-bond acceptors (Lipinski definition) is 5. The molecule has 0 amide bonds. The van der Waals surface area contributed by atoms with Gasteiger partial charge in [0.2, 0.25) is 0 Å². The smallest absolute Gasteiger partial charge is 0.280 e. The summed E-state index contributed by atoms with van der Waals surface area (Å²) in [6.07, 6.45) is 2.40. The molecule has 3 heterocycles. The molecule has 0 fully saturated rings. The van der Waals surface area contributed by atoms with Crippen LogP contribution in [-0.2, 0) is 13.0 Å². The molecule has 0 radical (unpaired) electrons. The van der Waals surface area contributed by atoms with E-state index >= 15 is 0 Å². The van der Waals surface area contributed by atoms with E-state index in [1.165, 1.54) is 0 Å². The van der Waals surface area contributed by atoms with E-state index in [9.17, 15) is 4.79 Å². The molecule has 7 nitrogen and oxygen atoms in total. The van der Waals surface area contributed by atoms with Gasteiger partial charge in [0.05, 0.1) is 6.54 Å². The molecule has 4 rings (SSSR count). The van der Waals surface area contributed by atoms with Crippen LogP contribution >= 0.6 is 11.6 Å². The number of pyridine rings is 1. The Labute approximate surface area is 141 Å². The lowest BCUT2D eigenvalue weighted by atomic mass is 10.2. The molecule has 4 aromatic rings. The number of aromatic nitrogens is 6. The fraction of sp³-hybridized carbons (Fsp3) is 0.188. The summed E-state index contributed by atoms with van der Waals surface area (Å²) in [5.74, 6) is 1.06. The Bertz CT molecular complexity index is 1120. The zero-order valence-corrected chi connectivity index (χ0v) is 13.6. The molecule has 0 aliphatic rings. The van der Waals surface area contributed by atoms with Crippen LogP contribution in [0.4, 0.5) is 0 Å². The quantitative estimate of drug-likeness (QED) is 0.570. The lowest BCUT2D eigenvalue weighted by molar-refractivity contribution is 0.760. The van der Waals surface area contributed by atoms with Crippen molar-refractivity contribution in [3.05, 3.63) is 63.3 Å². The molecular weight excluding hydrogens is 328 g/mol. The lowest BCUT2D eigenvalue weighted by Gasteiger charge is -2.08. The first kappa shape index (κ1) is 14.8. The molecule has 0 unspecified atom stereocenters. The van der Waals surface area contributed by atoms with E-state index < -0.39 is 0 Å². The zero-order valence-electron chi connectivity index (χ0n) is 12.8. The van der Waals surface area contributed by atoms with Crippen LogP contribution in [0.15, 0.2) is 41.3 Å². The summed E-state index contributed by atoms with van der Waals surface area (Å²) in [6.45, 7) is 2.33. The number of fused-ring (bicyclic) bond motifs is 3. The summed E-state index contributed by atoms with van der Waals surface area (Å²) < 4.78 is 3.12. The molecule has 1 aromatic carbocycles. The third kappa shape index (κ3) is 2.33. The van der Waals surface area contributed by atoms with Crippen LogP contribution in [0.3, 0.4) is 0 Å². The molecular formula is C16H13ClN6O. The van der Waals surface area contributed by atoms with Gasteiger partial charge in [-0.25, -0.2) is 0 Å². The predicted molar refractivity (Wildman–Crippen MR) is 90.3 cm³/mol. The molecule has 24 heavy (non-hydrogen) atoms. The van der Waals surface area contributed by atoms with Crippen molar-refractivity contribution in [2.75, 3.05) is 0 Å². The Morgan fingerprint density at radius 2 is 2.00 bits per heavy atom. The van der Waals surface area contributed by atoms with Gasteiger partial charge in [0, 0.05) is 17.6 Å². The molecule has 0 bridgehead atoms. The summed E-state index contributed by atoms with van der Waals surface area (Å²) in [5.41, 5.74) is 1.47. The van der Waals surface area contributed by atoms with Crippen molar-refractivity contribution in [1.29, 1.82) is 0 Å². The van der Waals surface area contributed by atoms with E-state index in [-0.39, 0.29) is 11.1 Å². The molecule has 0 saturated heterocycles. The number of rotatable bonds is 3. The van der Waals surface area contributed by atoms with Crippen molar-refractivity contribution in [3.8, 4) is 0 Å². The van der Waals surface area contributed by atoms with E-state index in [1.807, 2.05) is 25.1 Å². The van der Waals surface area contributed by atoms with E-state index in [1.54, 1.807) is 27.4 Å². The van der Waals surface area contributed by atoms with Gasteiger partial charge >= 0.3 is 0 Å². The Morgan fingerprint density at radius 1 is 1.17 bits per heavy atom. The van der Waals surface area contributed by atoms with Gasteiger partial charge in [0.25, 0.3) is 11.3 Å². The maximum absolute atomic E-state index is 12.7. The van der Waals surface area contributed by atoms with Gasteiger partial charge in [0.15, 0.2) is 11.3 Å². The molecule has 0 aliphatic carbocycles. The first-order valence-corrected chi connectivity index (χ1v) is 7.90. The number of aryl methyl sites for hydroxylation is 1. The second kappa shape index (κ2) is 5.68. The Morgan fingerprint density at radius 3 is 2.79 bits per heavy atom. The van der Waals surface area contributed by atoms with Crippen molar-refractivity contribution in [2.45, 2.75) is 19.9 Å². The van der Waals surface area contributed by atoms with Gasteiger partial charge < -0.3 is 4.57 Å². The lowest BCUT2D eigenvalue weighted by Crippen LogP contribution is -2.22. The van der Waals surface area contributed by atoms with Gasteiger partial charge in [0.1, 0.15) is 5.52 Å². The van der Waals surface area contributed by atoms with Crippen LogP contribution in [0.1, 0.15) is 18.3 Å². The molecule has 0 N–H and O–H groups in total. The number of halogens is 1. The normalized spacial score (nSPS) is 11.4. The zero-order chi connectivity index (χ0) is 16.7. The third-order valence-electron chi connectivity index (χ3n) is 3.83. The van der Waals surface area contributed by atoms with E-state index in [0.717, 1.165) is 5.56 Å². The van der Waals surface area contributed by atoms with Crippen LogP contribution in [-0.4, -0.2) is 29.4 Å². The van der Waals surface area contributed by atoms with Crippen LogP contribution in [0.2, 0.25) is 5.02 Å². The number of hydrogen-bond donors (Lipinski definition) is 0. The van der Waals surface area contributed by atoms with Crippen LogP contribution in [0.25, 0.3) is 16.8 Å². The van der Waals surface area contributed by atoms with Gasteiger partial charge in [-0.1, -0.05) is 36.7 Å². The Balaban J connectivity index is 1.88. The van der Waals surface area contributed by atoms with E-state index in [0.29, 0.717) is 35.1 Å². The third-order valence-corrected chi connectivity index (χ3v) is 4.20. The summed E-state index contributed by atoms with van der Waals surface area (Å²) in [5, 5.41) is 13.0. The minimum absolute atomic E-state index is 0.240. The van der Waals surface area contributed by atoms with Crippen LogP contribution in [0.5, 0.6) is 0 Å². The van der Waals surface area contributed by atoms with Gasteiger partial charge in [-0.15, -0.1) is 15.3 Å². The highest BCUT2D eigenvalue weighted by Crippen LogP contribution is 2.16. The molecule has 3 aromatic heterocycles. The topological polar surface area (TPSA) is 78.0 Å². The van der Waals surface area contributed by atoms with Crippen molar-refractivity contribution in [3.63, 3.8) is 0 Å². The second-order valence-electron chi connectivity index (χ2n) is 5.37. The predicted octanol–water partition coefficient (Wildman–Crippen LogP) is 2.10. The minimum atomic E-state index is -0.240. The molecule has 0 saturated carbocycles. The largest absolute Gasteiger partial charge is 0.309 e. The monoisotopic (exact) mass is 340 g/mol. The highest BCUT2D eigenvalue weighted by molar-refractivity contribution is 6.31. The Kier molecular flexibility index (Phi) is 3.50. The number of nitrogens with zero attached hydrogens (tertiary/aromatic N) is 6. The van der Waals surface area contributed by atoms with Crippen molar-refractivity contribution >= 4 is 28.4 Å². The SMILES string of the molecule is CCc1nc2nnc3c(=O)n(Cc4ccccc4Cl)ccc3n2n1. The summed E-state index contributed by atoms with van der Waals surface area (Å²) in [4.78, 5) is 17.0. The van der Waals surface area contributed by atoms with Crippen molar-refractivity contribution < 1.29 is 0 Å². The number of benzene rings is 1. The maximum Gasteiger partial charge on any atom is 0.280 e. The van der Waals surface area contributed by atoms with E-state index in [4.69, 9.17) is 11.6 Å². The fourth-order valence-corrected chi connectivity index (χ4v) is 2.76. The molecule has 8 heteroatoms. The van der Waals surface area contributed by atoms with Gasteiger partial charge in [-0.3, -0.25) is 4.79 Å². The average molecular weight is 341 g/mol. The summed E-state index contributed by atoms with van der Waals surface area (Å²) in [7, 11) is 0. The Hall–Kier alpha value is -2.80.